The van der Waals surface area contributed by atoms with Crippen molar-refractivity contribution in [1.29, 1.82) is 5.26 Å². The summed E-state index contributed by atoms with van der Waals surface area (Å²) in [5.41, 5.74) is 0. The molecule has 0 amide bonds. The Labute approximate surface area is 75.5 Å². The maximum atomic E-state index is 12.4. The van der Waals surface area contributed by atoms with Crippen molar-refractivity contribution in [2.24, 2.45) is 17.8 Å². The molecular weight excluding hydrogens is 179 g/mol. The lowest BCUT2D eigenvalue weighted by Crippen LogP contribution is -2.34. The van der Waals surface area contributed by atoms with Crippen LogP contribution in [0.5, 0.6) is 0 Å². The number of rotatable bonds is 0. The fraction of sp³-hybridized carbons (Fsp3) is 0.889. The molecule has 1 nitrogen and oxygen atoms in total. The zero-order chi connectivity index (χ0) is 10.1. The Morgan fingerprint density at radius 1 is 1.31 bits per heavy atom. The van der Waals surface area contributed by atoms with Gasteiger partial charge in [-0.25, -0.2) is 0 Å². The van der Waals surface area contributed by atoms with E-state index in [1.54, 1.807) is 6.07 Å². The molecule has 4 heteroatoms. The van der Waals surface area contributed by atoms with E-state index in [-0.39, 0.29) is 12.3 Å². The molecule has 13 heavy (non-hydrogen) atoms. The third kappa shape index (κ3) is 2.36. The fourth-order valence-electron chi connectivity index (χ4n) is 1.90. The van der Waals surface area contributed by atoms with Crippen LogP contribution in [0, 0.1) is 29.1 Å². The van der Waals surface area contributed by atoms with Gasteiger partial charge in [-0.3, -0.25) is 0 Å². The number of hydrogen-bond acceptors (Lipinski definition) is 1. The van der Waals surface area contributed by atoms with Crippen LogP contribution in [-0.2, 0) is 0 Å². The summed E-state index contributed by atoms with van der Waals surface area (Å²) >= 11 is 0. The van der Waals surface area contributed by atoms with Crippen LogP contribution in [0.1, 0.15) is 26.2 Å². The quantitative estimate of drug-likeness (QED) is 0.577. The van der Waals surface area contributed by atoms with Gasteiger partial charge in [-0.1, -0.05) is 6.92 Å². The SMILES string of the molecule is CC1CCC(C#N)C(C(F)(F)F)C1. The van der Waals surface area contributed by atoms with Crippen molar-refractivity contribution in [3.8, 4) is 6.07 Å². The van der Waals surface area contributed by atoms with E-state index in [2.05, 4.69) is 0 Å². The molecule has 0 spiro atoms. The van der Waals surface area contributed by atoms with Crippen molar-refractivity contribution < 1.29 is 13.2 Å². The predicted molar refractivity (Wildman–Crippen MR) is 41.7 cm³/mol. The summed E-state index contributed by atoms with van der Waals surface area (Å²) < 4.78 is 37.2. The van der Waals surface area contributed by atoms with Crippen LogP contribution >= 0.6 is 0 Å². The van der Waals surface area contributed by atoms with Gasteiger partial charge in [0.1, 0.15) is 0 Å². The van der Waals surface area contributed by atoms with Crippen LogP contribution in [0.15, 0.2) is 0 Å². The minimum atomic E-state index is -4.20. The van der Waals surface area contributed by atoms with Crippen LogP contribution in [-0.4, -0.2) is 6.18 Å². The van der Waals surface area contributed by atoms with Crippen LogP contribution in [0.2, 0.25) is 0 Å². The fourth-order valence-corrected chi connectivity index (χ4v) is 1.90. The molecule has 1 fully saturated rings. The lowest BCUT2D eigenvalue weighted by Gasteiger charge is -2.32. The second kappa shape index (κ2) is 3.57. The van der Waals surface area contributed by atoms with Gasteiger partial charge in [-0.15, -0.1) is 0 Å². The number of alkyl halides is 3. The molecule has 0 bridgehead atoms. The average Bonchev–Trinajstić information content (AvgIpc) is 2.03. The van der Waals surface area contributed by atoms with E-state index in [1.807, 2.05) is 6.92 Å². The molecule has 0 saturated heterocycles. The second-order valence-electron chi connectivity index (χ2n) is 3.80. The first-order valence-corrected chi connectivity index (χ1v) is 4.41. The molecule has 0 aromatic rings. The zero-order valence-corrected chi connectivity index (χ0v) is 7.43. The molecule has 0 radical (unpaired) electrons. The van der Waals surface area contributed by atoms with E-state index in [0.717, 1.165) is 6.42 Å². The van der Waals surface area contributed by atoms with Gasteiger partial charge in [0.15, 0.2) is 0 Å². The van der Waals surface area contributed by atoms with Gasteiger partial charge < -0.3 is 0 Å². The second-order valence-corrected chi connectivity index (χ2v) is 3.80. The summed E-state index contributed by atoms with van der Waals surface area (Å²) in [7, 11) is 0. The summed E-state index contributed by atoms with van der Waals surface area (Å²) in [6.07, 6.45) is -2.95. The van der Waals surface area contributed by atoms with E-state index < -0.39 is 18.0 Å². The van der Waals surface area contributed by atoms with Gasteiger partial charge in [0.05, 0.1) is 17.9 Å². The molecule has 0 aromatic heterocycles. The molecule has 1 aliphatic carbocycles. The summed E-state index contributed by atoms with van der Waals surface area (Å²) in [6, 6.07) is 1.76. The molecule has 1 aliphatic rings. The standard InChI is InChI=1S/C9H12F3N/c1-6-2-3-7(5-13)8(4-6)9(10,11)12/h6-8H,2-4H2,1H3. The Kier molecular flexibility index (Phi) is 2.84. The van der Waals surface area contributed by atoms with Crippen molar-refractivity contribution in [3.63, 3.8) is 0 Å². The van der Waals surface area contributed by atoms with Crippen molar-refractivity contribution in [2.75, 3.05) is 0 Å². The lowest BCUT2D eigenvalue weighted by molar-refractivity contribution is -0.194. The minimum absolute atomic E-state index is 0.0937. The van der Waals surface area contributed by atoms with Crippen LogP contribution in [0.3, 0.4) is 0 Å². The summed E-state index contributed by atoms with van der Waals surface area (Å²) in [5.74, 6) is -2.13. The Bertz CT molecular complexity index is 216. The van der Waals surface area contributed by atoms with Crippen molar-refractivity contribution >= 4 is 0 Å². The molecule has 0 N–H and O–H groups in total. The van der Waals surface area contributed by atoms with Crippen LogP contribution in [0.4, 0.5) is 13.2 Å². The van der Waals surface area contributed by atoms with Gasteiger partial charge in [-0.05, 0) is 25.2 Å². The van der Waals surface area contributed by atoms with Gasteiger partial charge in [0, 0.05) is 0 Å². The number of hydrogen-bond donors (Lipinski definition) is 0. The van der Waals surface area contributed by atoms with E-state index in [1.165, 1.54) is 0 Å². The molecule has 0 heterocycles. The number of halogens is 3. The minimum Gasteiger partial charge on any atom is -0.198 e. The van der Waals surface area contributed by atoms with Gasteiger partial charge in [0.25, 0.3) is 0 Å². The zero-order valence-electron chi connectivity index (χ0n) is 7.43. The van der Waals surface area contributed by atoms with Crippen molar-refractivity contribution in [2.45, 2.75) is 32.4 Å². The van der Waals surface area contributed by atoms with E-state index in [0.29, 0.717) is 6.42 Å². The molecule has 74 valence electrons. The van der Waals surface area contributed by atoms with Crippen LogP contribution in [0.25, 0.3) is 0 Å². The molecule has 3 unspecified atom stereocenters. The highest BCUT2D eigenvalue weighted by Gasteiger charge is 2.47. The highest BCUT2D eigenvalue weighted by atomic mass is 19.4. The third-order valence-corrected chi connectivity index (χ3v) is 2.70. The first kappa shape index (κ1) is 10.4. The topological polar surface area (TPSA) is 23.8 Å². The largest absolute Gasteiger partial charge is 0.393 e. The molecular formula is C9H12F3N. The average molecular weight is 191 g/mol. The van der Waals surface area contributed by atoms with Crippen molar-refractivity contribution in [1.82, 2.24) is 0 Å². The monoisotopic (exact) mass is 191 g/mol. The Morgan fingerprint density at radius 3 is 2.38 bits per heavy atom. The molecule has 0 aliphatic heterocycles. The molecule has 1 saturated carbocycles. The Morgan fingerprint density at radius 2 is 1.92 bits per heavy atom. The Balaban J connectivity index is 2.73. The Hall–Kier alpha value is -0.720. The lowest BCUT2D eigenvalue weighted by atomic mass is 9.75. The maximum absolute atomic E-state index is 12.4. The normalized spacial score (nSPS) is 35.5. The van der Waals surface area contributed by atoms with Crippen LogP contribution < -0.4 is 0 Å². The third-order valence-electron chi connectivity index (χ3n) is 2.70. The molecule has 1 rings (SSSR count). The smallest absolute Gasteiger partial charge is 0.198 e. The van der Waals surface area contributed by atoms with Gasteiger partial charge in [0.2, 0.25) is 0 Å². The predicted octanol–water partition coefficient (Wildman–Crippen LogP) is 3.12. The summed E-state index contributed by atoms with van der Waals surface area (Å²) in [4.78, 5) is 0. The van der Waals surface area contributed by atoms with Gasteiger partial charge in [-0.2, -0.15) is 18.4 Å². The number of nitrogens with zero attached hydrogens (tertiary/aromatic N) is 1. The number of nitriles is 1. The first-order valence-electron chi connectivity index (χ1n) is 4.41. The summed E-state index contributed by atoms with van der Waals surface area (Å²) in [5, 5.41) is 8.56. The maximum Gasteiger partial charge on any atom is 0.393 e. The molecule has 3 atom stereocenters. The highest BCUT2D eigenvalue weighted by Crippen LogP contribution is 2.43. The van der Waals surface area contributed by atoms with Crippen molar-refractivity contribution in [3.05, 3.63) is 0 Å². The van der Waals surface area contributed by atoms with E-state index >= 15 is 0 Å². The van der Waals surface area contributed by atoms with Gasteiger partial charge >= 0.3 is 6.18 Å². The van der Waals surface area contributed by atoms with E-state index in [4.69, 9.17) is 5.26 Å². The highest BCUT2D eigenvalue weighted by molar-refractivity contribution is 4.94. The van der Waals surface area contributed by atoms with E-state index in [9.17, 15) is 13.2 Å². The summed E-state index contributed by atoms with van der Waals surface area (Å²) in [6.45, 7) is 1.81. The first-order chi connectivity index (χ1) is 5.95. The molecule has 0 aromatic carbocycles.